The molecule has 1 rings (SSSR count). The molecular weight excluding hydrogens is 254 g/mol. The van der Waals surface area contributed by atoms with Crippen molar-refractivity contribution in [3.05, 3.63) is 29.8 Å². The van der Waals surface area contributed by atoms with E-state index in [1.165, 1.54) is 0 Å². The van der Waals surface area contributed by atoms with Crippen molar-refractivity contribution in [3.63, 3.8) is 0 Å². The second-order valence-corrected chi connectivity index (χ2v) is 9.81. The Kier molecular flexibility index (Phi) is 4.72. The van der Waals surface area contributed by atoms with Gasteiger partial charge in [0.15, 0.2) is 5.96 Å². The molecule has 0 aromatic heterocycles. The van der Waals surface area contributed by atoms with E-state index in [2.05, 4.69) is 41.1 Å². The summed E-state index contributed by atoms with van der Waals surface area (Å²) in [6.07, 6.45) is 0. The maximum Gasteiger partial charge on any atom is 0.223 e. The van der Waals surface area contributed by atoms with Crippen molar-refractivity contribution in [2.24, 2.45) is 27.2 Å². The van der Waals surface area contributed by atoms with Crippen LogP contribution in [0.4, 0.5) is 5.69 Å². The van der Waals surface area contributed by atoms with Crippen molar-refractivity contribution in [1.29, 1.82) is 0 Å². The van der Waals surface area contributed by atoms with Crippen molar-refractivity contribution >= 4 is 25.7 Å². The van der Waals surface area contributed by atoms with Gasteiger partial charge in [-0.25, -0.2) is 4.99 Å². The second kappa shape index (κ2) is 6.07. The minimum Gasteiger partial charge on any atom is -0.370 e. The molecule has 0 fully saturated rings. The van der Waals surface area contributed by atoms with Gasteiger partial charge in [0.05, 0.1) is 5.69 Å². The fourth-order valence-electron chi connectivity index (χ4n) is 1.20. The first-order valence-corrected chi connectivity index (χ1v) is 9.33. The summed E-state index contributed by atoms with van der Waals surface area (Å²) >= 11 is 0. The molecule has 1 aromatic carbocycles. The molecule has 6 heteroatoms. The van der Waals surface area contributed by atoms with E-state index in [1.54, 1.807) is 0 Å². The molecule has 19 heavy (non-hydrogen) atoms. The third kappa shape index (κ3) is 6.28. The molecule has 0 atom stereocenters. The summed E-state index contributed by atoms with van der Waals surface area (Å²) < 4.78 is 0. The highest BCUT2D eigenvalue weighted by molar-refractivity contribution is 6.83. The van der Waals surface area contributed by atoms with Gasteiger partial charge < -0.3 is 17.2 Å². The van der Waals surface area contributed by atoms with Gasteiger partial charge in [0.2, 0.25) is 5.96 Å². The fraction of sp³-hybridized carbons (Fsp3) is 0.231. The highest BCUT2D eigenvalue weighted by atomic mass is 28.3. The van der Waals surface area contributed by atoms with Crippen LogP contribution in [0.1, 0.15) is 5.56 Å². The first kappa shape index (κ1) is 14.8. The van der Waals surface area contributed by atoms with Gasteiger partial charge in [-0.3, -0.25) is 0 Å². The smallest absolute Gasteiger partial charge is 0.223 e. The van der Waals surface area contributed by atoms with Gasteiger partial charge in [-0.1, -0.05) is 31.6 Å². The van der Waals surface area contributed by atoms with E-state index in [-0.39, 0.29) is 11.9 Å². The van der Waals surface area contributed by atoms with Crippen molar-refractivity contribution in [3.8, 4) is 11.5 Å². The monoisotopic (exact) mass is 273 g/mol. The van der Waals surface area contributed by atoms with Crippen LogP contribution in [0.5, 0.6) is 0 Å². The van der Waals surface area contributed by atoms with E-state index < -0.39 is 8.07 Å². The van der Waals surface area contributed by atoms with Crippen LogP contribution in [0.3, 0.4) is 0 Å². The fourth-order valence-corrected chi connectivity index (χ4v) is 1.72. The van der Waals surface area contributed by atoms with E-state index in [0.29, 0.717) is 5.69 Å². The Morgan fingerprint density at radius 2 is 1.84 bits per heavy atom. The van der Waals surface area contributed by atoms with E-state index in [4.69, 9.17) is 17.2 Å². The largest absolute Gasteiger partial charge is 0.370 e. The lowest BCUT2D eigenvalue weighted by atomic mass is 10.2. The van der Waals surface area contributed by atoms with E-state index in [1.807, 2.05) is 24.3 Å². The lowest BCUT2D eigenvalue weighted by Gasteiger charge is -2.03. The lowest BCUT2D eigenvalue weighted by molar-refractivity contribution is 1.38. The minimum atomic E-state index is -1.39. The van der Waals surface area contributed by atoms with Crippen molar-refractivity contribution in [2.45, 2.75) is 19.6 Å². The van der Waals surface area contributed by atoms with E-state index in [9.17, 15) is 0 Å². The lowest BCUT2D eigenvalue weighted by Crippen LogP contribution is -2.26. The first-order chi connectivity index (χ1) is 8.76. The van der Waals surface area contributed by atoms with Crippen LogP contribution in [0.25, 0.3) is 0 Å². The van der Waals surface area contributed by atoms with E-state index in [0.717, 1.165) is 5.56 Å². The maximum absolute atomic E-state index is 5.57. The van der Waals surface area contributed by atoms with Gasteiger partial charge in [0.1, 0.15) is 8.07 Å². The molecule has 0 unspecified atom stereocenters. The molecule has 0 saturated carbocycles. The van der Waals surface area contributed by atoms with Crippen LogP contribution in [-0.4, -0.2) is 20.0 Å². The summed E-state index contributed by atoms with van der Waals surface area (Å²) in [5.41, 5.74) is 20.9. The zero-order valence-corrected chi connectivity index (χ0v) is 12.4. The Balaban J connectivity index is 3.01. The quantitative estimate of drug-likeness (QED) is 0.309. The molecule has 0 aliphatic rings. The summed E-state index contributed by atoms with van der Waals surface area (Å²) in [6.45, 7) is 6.58. The Morgan fingerprint density at radius 1 is 1.16 bits per heavy atom. The van der Waals surface area contributed by atoms with Crippen LogP contribution in [0.2, 0.25) is 19.6 Å². The molecule has 5 nitrogen and oxygen atoms in total. The van der Waals surface area contributed by atoms with Crippen LogP contribution in [-0.2, 0) is 0 Å². The highest BCUT2D eigenvalue weighted by Crippen LogP contribution is 2.13. The van der Waals surface area contributed by atoms with Gasteiger partial charge in [-0.15, -0.1) is 5.54 Å². The van der Waals surface area contributed by atoms with Crippen molar-refractivity contribution in [1.82, 2.24) is 0 Å². The van der Waals surface area contributed by atoms with Crippen molar-refractivity contribution in [2.75, 3.05) is 0 Å². The first-order valence-electron chi connectivity index (χ1n) is 5.83. The molecule has 0 amide bonds. The van der Waals surface area contributed by atoms with Crippen LogP contribution < -0.4 is 17.2 Å². The Bertz CT molecular complexity index is 569. The molecule has 1 aromatic rings. The standard InChI is InChI=1S/C13H19N5Si/c1-19(2,3)8-7-10-5-4-6-11(9-10)17-13(16)18-12(14)15/h4-6,9H,1-3H3,(H6,14,15,16,17,18). The third-order valence-electron chi connectivity index (χ3n) is 1.92. The number of hydrogen-bond donors (Lipinski definition) is 3. The predicted octanol–water partition coefficient (Wildman–Crippen LogP) is 1.14. The van der Waals surface area contributed by atoms with Crippen molar-refractivity contribution < 1.29 is 0 Å². The molecule has 6 N–H and O–H groups in total. The summed E-state index contributed by atoms with van der Waals surface area (Å²) in [6, 6.07) is 7.47. The maximum atomic E-state index is 5.57. The number of guanidine groups is 2. The Morgan fingerprint density at radius 3 is 2.42 bits per heavy atom. The molecular formula is C13H19N5Si. The number of hydrogen-bond acceptors (Lipinski definition) is 1. The van der Waals surface area contributed by atoms with Gasteiger partial charge in [0.25, 0.3) is 0 Å². The molecule has 0 saturated heterocycles. The number of nitrogens with two attached hydrogens (primary N) is 3. The molecule has 0 aliphatic heterocycles. The van der Waals surface area contributed by atoms with E-state index >= 15 is 0 Å². The zero-order chi connectivity index (χ0) is 14.5. The number of benzene rings is 1. The second-order valence-electron chi connectivity index (χ2n) is 5.06. The average Bonchev–Trinajstić information content (AvgIpc) is 2.24. The van der Waals surface area contributed by atoms with Gasteiger partial charge in [0, 0.05) is 5.56 Å². The summed E-state index contributed by atoms with van der Waals surface area (Å²) in [5.74, 6) is 3.06. The highest BCUT2D eigenvalue weighted by Gasteiger charge is 2.07. The zero-order valence-electron chi connectivity index (χ0n) is 11.4. The molecule has 100 valence electrons. The normalized spacial score (nSPS) is 11.4. The summed E-state index contributed by atoms with van der Waals surface area (Å²) in [5, 5.41) is 0. The number of nitrogens with zero attached hydrogens (tertiary/aromatic N) is 2. The average molecular weight is 273 g/mol. The minimum absolute atomic E-state index is 0.0234. The molecule has 0 spiro atoms. The third-order valence-corrected chi connectivity index (χ3v) is 2.79. The molecule has 0 aliphatic carbocycles. The number of aliphatic imine (C=N–C) groups is 2. The van der Waals surface area contributed by atoms with Gasteiger partial charge >= 0.3 is 0 Å². The van der Waals surface area contributed by atoms with Gasteiger partial charge in [-0.05, 0) is 18.2 Å². The summed E-state index contributed by atoms with van der Waals surface area (Å²) in [4.78, 5) is 7.75. The topological polar surface area (TPSA) is 103 Å². The molecule has 0 radical (unpaired) electrons. The Labute approximate surface area is 114 Å². The Hall–Kier alpha value is -2.26. The number of rotatable bonds is 1. The SMILES string of the molecule is C[Si](C)(C)C#Cc1cccc(N=C(N)N=C(N)N)c1. The van der Waals surface area contributed by atoms with Crippen LogP contribution in [0.15, 0.2) is 34.3 Å². The molecule has 0 bridgehead atoms. The molecule has 0 heterocycles. The summed E-state index contributed by atoms with van der Waals surface area (Å²) in [7, 11) is -1.39. The van der Waals surface area contributed by atoms with Gasteiger partial charge in [-0.2, -0.15) is 4.99 Å². The van der Waals surface area contributed by atoms with Crippen LogP contribution in [0, 0.1) is 11.5 Å². The predicted molar refractivity (Wildman–Crippen MR) is 83.8 cm³/mol. The van der Waals surface area contributed by atoms with Crippen LogP contribution >= 0.6 is 0 Å².